The van der Waals surface area contributed by atoms with Crippen molar-refractivity contribution >= 4 is 10.0 Å². The van der Waals surface area contributed by atoms with E-state index in [-0.39, 0.29) is 17.5 Å². The number of aryl methyl sites for hydroxylation is 1. The van der Waals surface area contributed by atoms with Gasteiger partial charge in [-0.2, -0.15) is 4.98 Å². The first kappa shape index (κ1) is 15.1. The van der Waals surface area contributed by atoms with E-state index in [1.54, 1.807) is 11.6 Å². The maximum Gasteiger partial charge on any atom is 0.260 e. The van der Waals surface area contributed by atoms with Crippen LogP contribution < -0.4 is 10.5 Å². The van der Waals surface area contributed by atoms with Crippen molar-refractivity contribution in [3.05, 3.63) is 24.2 Å². The van der Waals surface area contributed by atoms with E-state index < -0.39 is 15.6 Å². The van der Waals surface area contributed by atoms with Gasteiger partial charge in [0.25, 0.3) is 10.0 Å². The van der Waals surface area contributed by atoms with Crippen molar-refractivity contribution in [1.29, 1.82) is 0 Å². The Morgan fingerprint density at radius 1 is 1.45 bits per heavy atom. The van der Waals surface area contributed by atoms with Crippen molar-refractivity contribution in [2.24, 2.45) is 12.8 Å². The van der Waals surface area contributed by atoms with Crippen molar-refractivity contribution in [3.63, 3.8) is 0 Å². The largest absolute Gasteiger partial charge is 0.339 e. The van der Waals surface area contributed by atoms with Gasteiger partial charge >= 0.3 is 0 Å². The molecule has 0 atom stereocenters. The SMILES string of the molecule is Cn1cnc(S(=O)(=O)NCc2nc(C3(N)CCCC3)no2)c1. The van der Waals surface area contributed by atoms with Crippen LogP contribution in [0.4, 0.5) is 0 Å². The minimum Gasteiger partial charge on any atom is -0.339 e. The van der Waals surface area contributed by atoms with Crippen LogP contribution >= 0.6 is 0 Å². The average Bonchev–Trinajstić information content (AvgIpc) is 3.17. The summed E-state index contributed by atoms with van der Waals surface area (Å²) in [4.78, 5) is 8.02. The fourth-order valence-electron chi connectivity index (χ4n) is 2.52. The molecule has 1 aliphatic carbocycles. The summed E-state index contributed by atoms with van der Waals surface area (Å²) in [5, 5.41) is 3.83. The second-order valence-electron chi connectivity index (χ2n) is 5.58. The molecule has 1 fully saturated rings. The quantitative estimate of drug-likeness (QED) is 0.791. The molecule has 0 saturated heterocycles. The van der Waals surface area contributed by atoms with Crippen molar-refractivity contribution < 1.29 is 12.9 Å². The van der Waals surface area contributed by atoms with E-state index in [9.17, 15) is 8.42 Å². The molecule has 3 rings (SSSR count). The molecule has 0 radical (unpaired) electrons. The highest BCUT2D eigenvalue weighted by atomic mass is 32.2. The Morgan fingerprint density at radius 3 is 2.82 bits per heavy atom. The molecule has 0 spiro atoms. The monoisotopic (exact) mass is 326 g/mol. The minimum absolute atomic E-state index is 0.0548. The molecule has 10 heteroatoms. The lowest BCUT2D eigenvalue weighted by Gasteiger charge is -2.17. The number of hydrogen-bond donors (Lipinski definition) is 2. The number of aromatic nitrogens is 4. The molecule has 0 aromatic carbocycles. The molecule has 22 heavy (non-hydrogen) atoms. The van der Waals surface area contributed by atoms with Gasteiger partial charge in [-0.1, -0.05) is 18.0 Å². The van der Waals surface area contributed by atoms with Gasteiger partial charge in [-0.3, -0.25) is 0 Å². The first-order chi connectivity index (χ1) is 10.4. The molecule has 0 unspecified atom stereocenters. The standard InChI is InChI=1S/C12H18N6O3S/c1-18-7-10(14-8-18)22(19,20)15-6-9-16-11(17-21-9)12(13)4-2-3-5-12/h7-8,15H,2-6,13H2,1H3. The summed E-state index contributed by atoms with van der Waals surface area (Å²) in [6, 6.07) is 0. The van der Waals surface area contributed by atoms with Gasteiger partial charge in [-0.15, -0.1) is 0 Å². The van der Waals surface area contributed by atoms with Crippen LogP contribution in [0.2, 0.25) is 0 Å². The van der Waals surface area contributed by atoms with Crippen molar-refractivity contribution in [1.82, 2.24) is 24.4 Å². The molecule has 0 amide bonds. The molecule has 1 saturated carbocycles. The summed E-state index contributed by atoms with van der Waals surface area (Å²) in [5.41, 5.74) is 5.68. The second-order valence-corrected chi connectivity index (χ2v) is 7.29. The van der Waals surface area contributed by atoms with Crippen molar-refractivity contribution in [3.8, 4) is 0 Å². The van der Waals surface area contributed by atoms with E-state index in [1.807, 2.05) is 0 Å². The summed E-state index contributed by atoms with van der Waals surface area (Å²) < 4.78 is 33.1. The fraction of sp³-hybridized carbons (Fsp3) is 0.583. The first-order valence-electron chi connectivity index (χ1n) is 6.99. The zero-order valence-electron chi connectivity index (χ0n) is 12.2. The molecule has 0 bridgehead atoms. The number of hydrogen-bond acceptors (Lipinski definition) is 7. The molecule has 2 aromatic heterocycles. The van der Waals surface area contributed by atoms with E-state index in [0.717, 1.165) is 25.7 Å². The zero-order chi connectivity index (χ0) is 15.8. The fourth-order valence-corrected chi connectivity index (χ4v) is 3.47. The molecule has 0 aliphatic heterocycles. The molecule has 2 heterocycles. The molecule has 2 aromatic rings. The van der Waals surface area contributed by atoms with E-state index in [1.165, 1.54) is 12.5 Å². The van der Waals surface area contributed by atoms with Crippen LogP contribution in [0.5, 0.6) is 0 Å². The molecular weight excluding hydrogens is 308 g/mol. The van der Waals surface area contributed by atoms with Gasteiger partial charge < -0.3 is 14.8 Å². The van der Waals surface area contributed by atoms with Crippen LogP contribution in [0.25, 0.3) is 0 Å². The highest BCUT2D eigenvalue weighted by Gasteiger charge is 2.36. The average molecular weight is 326 g/mol. The molecule has 3 N–H and O–H groups in total. The van der Waals surface area contributed by atoms with Crippen LogP contribution in [-0.4, -0.2) is 28.1 Å². The van der Waals surface area contributed by atoms with E-state index in [0.29, 0.717) is 5.82 Å². The van der Waals surface area contributed by atoms with Gasteiger partial charge in [0.15, 0.2) is 10.9 Å². The second kappa shape index (κ2) is 5.45. The van der Waals surface area contributed by atoms with E-state index >= 15 is 0 Å². The third-order valence-corrected chi connectivity index (χ3v) is 5.06. The molecular formula is C12H18N6O3S. The van der Waals surface area contributed by atoms with Crippen LogP contribution in [-0.2, 0) is 29.2 Å². The van der Waals surface area contributed by atoms with Crippen LogP contribution in [0.3, 0.4) is 0 Å². The molecule has 1 aliphatic rings. The lowest BCUT2D eigenvalue weighted by molar-refractivity contribution is 0.347. The highest BCUT2D eigenvalue weighted by molar-refractivity contribution is 7.89. The molecule has 9 nitrogen and oxygen atoms in total. The van der Waals surface area contributed by atoms with E-state index in [2.05, 4.69) is 19.8 Å². The number of imidazole rings is 1. The topological polar surface area (TPSA) is 129 Å². The Hall–Kier alpha value is -1.78. The number of nitrogens with two attached hydrogens (primary N) is 1. The van der Waals surface area contributed by atoms with Gasteiger partial charge in [0.2, 0.25) is 5.89 Å². The summed E-state index contributed by atoms with van der Waals surface area (Å²) in [6.07, 6.45) is 6.52. The number of nitrogens with one attached hydrogen (secondary N) is 1. The summed E-state index contributed by atoms with van der Waals surface area (Å²) in [7, 11) is -2.01. The van der Waals surface area contributed by atoms with E-state index in [4.69, 9.17) is 10.3 Å². The Morgan fingerprint density at radius 2 is 2.18 bits per heavy atom. The lowest BCUT2D eigenvalue weighted by Crippen LogP contribution is -2.34. The minimum atomic E-state index is -3.70. The summed E-state index contributed by atoms with van der Waals surface area (Å²) >= 11 is 0. The number of nitrogens with zero attached hydrogens (tertiary/aromatic N) is 4. The summed E-state index contributed by atoms with van der Waals surface area (Å²) in [6.45, 7) is -0.0953. The zero-order valence-corrected chi connectivity index (χ0v) is 13.0. The van der Waals surface area contributed by atoms with Crippen molar-refractivity contribution in [2.75, 3.05) is 0 Å². The van der Waals surface area contributed by atoms with Gasteiger partial charge in [0, 0.05) is 13.2 Å². The van der Waals surface area contributed by atoms with Crippen LogP contribution in [0, 0.1) is 0 Å². The third-order valence-electron chi connectivity index (χ3n) is 3.78. The van der Waals surface area contributed by atoms with Gasteiger partial charge in [-0.05, 0) is 12.8 Å². The summed E-state index contributed by atoms with van der Waals surface area (Å²) in [5.74, 6) is 0.628. The van der Waals surface area contributed by atoms with Crippen LogP contribution in [0.1, 0.15) is 37.4 Å². The highest BCUT2D eigenvalue weighted by Crippen LogP contribution is 2.34. The predicted octanol–water partition coefficient (Wildman–Crippen LogP) is 0.00960. The third kappa shape index (κ3) is 2.89. The normalized spacial score (nSPS) is 17.9. The predicted molar refractivity (Wildman–Crippen MR) is 75.9 cm³/mol. The van der Waals surface area contributed by atoms with Gasteiger partial charge in [0.1, 0.15) is 0 Å². The Balaban J connectivity index is 1.68. The Kier molecular flexibility index (Phi) is 3.75. The smallest absolute Gasteiger partial charge is 0.260 e. The number of rotatable bonds is 5. The van der Waals surface area contributed by atoms with Gasteiger partial charge in [0.05, 0.1) is 18.4 Å². The maximum atomic E-state index is 12.0. The molecule has 120 valence electrons. The first-order valence-corrected chi connectivity index (χ1v) is 8.47. The lowest BCUT2D eigenvalue weighted by atomic mass is 9.99. The Bertz CT molecular complexity index is 759. The van der Waals surface area contributed by atoms with Crippen LogP contribution in [0.15, 0.2) is 22.1 Å². The van der Waals surface area contributed by atoms with Gasteiger partial charge in [-0.25, -0.2) is 18.1 Å². The van der Waals surface area contributed by atoms with Crippen molar-refractivity contribution in [2.45, 2.75) is 42.8 Å². The Labute approximate surface area is 128 Å². The maximum absolute atomic E-state index is 12.0. The number of sulfonamides is 1.